The lowest BCUT2D eigenvalue weighted by Gasteiger charge is -2.24. The molecule has 0 spiro atoms. The van der Waals surface area contributed by atoms with Gasteiger partial charge in [0, 0.05) is 31.9 Å². The highest BCUT2D eigenvalue weighted by Crippen LogP contribution is 2.21. The number of hydrogen-bond donors (Lipinski definition) is 1. The molecule has 1 N–H and O–H groups in total. The van der Waals surface area contributed by atoms with Crippen LogP contribution >= 0.6 is 12.4 Å². The fourth-order valence-corrected chi connectivity index (χ4v) is 2.11. The number of ether oxygens (including phenoxy) is 1. The van der Waals surface area contributed by atoms with E-state index in [9.17, 15) is 8.78 Å². The third kappa shape index (κ3) is 4.93. The molecule has 0 fully saturated rings. The summed E-state index contributed by atoms with van der Waals surface area (Å²) in [6, 6.07) is 8.16. The minimum absolute atomic E-state index is 0. The highest BCUT2D eigenvalue weighted by Gasteiger charge is 2.14. The SMILES string of the molecule is Cl.FC(F)COCCN1CCNCc2ccccc21. The molecule has 0 saturated heterocycles. The van der Waals surface area contributed by atoms with Crippen LogP contribution in [0, 0.1) is 0 Å². The summed E-state index contributed by atoms with van der Waals surface area (Å²) in [5.74, 6) is 0. The lowest BCUT2D eigenvalue weighted by molar-refractivity contribution is 0.0202. The quantitative estimate of drug-likeness (QED) is 0.843. The van der Waals surface area contributed by atoms with E-state index in [1.807, 2.05) is 12.1 Å². The van der Waals surface area contributed by atoms with Gasteiger partial charge in [0.15, 0.2) is 0 Å². The lowest BCUT2D eigenvalue weighted by atomic mass is 10.1. The normalized spacial score (nSPS) is 14.8. The number of alkyl halides is 2. The predicted octanol–water partition coefficient (Wildman–Crippen LogP) is 2.30. The number of halogens is 3. The Labute approximate surface area is 118 Å². The molecule has 108 valence electrons. The second kappa shape index (κ2) is 8.30. The van der Waals surface area contributed by atoms with Crippen LogP contribution in [0.1, 0.15) is 5.56 Å². The van der Waals surface area contributed by atoms with Crippen LogP contribution in [-0.2, 0) is 11.3 Å². The first kappa shape index (κ1) is 16.1. The number of fused-ring (bicyclic) bond motifs is 1. The second-order valence-corrected chi connectivity index (χ2v) is 4.26. The zero-order chi connectivity index (χ0) is 12.8. The molecule has 1 aromatic rings. The van der Waals surface area contributed by atoms with Crippen LogP contribution in [0.4, 0.5) is 14.5 Å². The minimum atomic E-state index is -2.39. The number of nitrogens with zero attached hydrogens (tertiary/aromatic N) is 1. The first-order valence-electron chi connectivity index (χ1n) is 6.17. The Bertz CT molecular complexity index is 379. The van der Waals surface area contributed by atoms with Crippen molar-refractivity contribution in [1.29, 1.82) is 0 Å². The van der Waals surface area contributed by atoms with E-state index >= 15 is 0 Å². The zero-order valence-corrected chi connectivity index (χ0v) is 11.5. The summed E-state index contributed by atoms with van der Waals surface area (Å²) in [4.78, 5) is 2.18. The van der Waals surface area contributed by atoms with Gasteiger partial charge in [0.1, 0.15) is 6.61 Å². The van der Waals surface area contributed by atoms with Gasteiger partial charge in [-0.3, -0.25) is 0 Å². The van der Waals surface area contributed by atoms with E-state index in [2.05, 4.69) is 22.3 Å². The van der Waals surface area contributed by atoms with Crippen molar-refractivity contribution >= 4 is 18.1 Å². The van der Waals surface area contributed by atoms with Gasteiger partial charge in [-0.25, -0.2) is 8.78 Å². The van der Waals surface area contributed by atoms with E-state index in [-0.39, 0.29) is 12.4 Å². The van der Waals surface area contributed by atoms with Crippen molar-refractivity contribution in [3.05, 3.63) is 29.8 Å². The molecule has 0 aromatic heterocycles. The standard InChI is InChI=1S/C13H18F2N2O.ClH/c14-13(15)10-18-8-7-17-6-5-16-9-11-3-1-2-4-12(11)17;/h1-4,13,16H,5-10H2;1H. The Balaban J connectivity index is 0.00000180. The van der Waals surface area contributed by atoms with Crippen LogP contribution < -0.4 is 10.2 Å². The Hall–Kier alpha value is -0.910. The molecule has 0 atom stereocenters. The van der Waals surface area contributed by atoms with Gasteiger partial charge >= 0.3 is 0 Å². The molecule has 1 heterocycles. The molecule has 0 unspecified atom stereocenters. The molecular formula is C13H19ClF2N2O. The van der Waals surface area contributed by atoms with Crippen LogP contribution in [-0.4, -0.2) is 39.3 Å². The van der Waals surface area contributed by atoms with Gasteiger partial charge in [0.2, 0.25) is 0 Å². The molecule has 1 aliphatic heterocycles. The van der Waals surface area contributed by atoms with Crippen LogP contribution in [0.5, 0.6) is 0 Å². The lowest BCUT2D eigenvalue weighted by Crippen LogP contribution is -2.32. The van der Waals surface area contributed by atoms with Crippen molar-refractivity contribution in [1.82, 2.24) is 5.32 Å². The fraction of sp³-hybridized carbons (Fsp3) is 0.538. The summed E-state index contributed by atoms with van der Waals surface area (Å²) in [7, 11) is 0. The molecule has 0 radical (unpaired) electrons. The molecule has 1 aromatic carbocycles. The smallest absolute Gasteiger partial charge is 0.261 e. The van der Waals surface area contributed by atoms with Gasteiger partial charge in [0.25, 0.3) is 6.43 Å². The highest BCUT2D eigenvalue weighted by molar-refractivity contribution is 5.85. The third-order valence-electron chi connectivity index (χ3n) is 2.96. The van der Waals surface area contributed by atoms with Gasteiger partial charge in [-0.05, 0) is 11.6 Å². The van der Waals surface area contributed by atoms with Crippen LogP contribution in [0.3, 0.4) is 0 Å². The maximum Gasteiger partial charge on any atom is 0.261 e. The number of anilines is 1. The van der Waals surface area contributed by atoms with Crippen molar-refractivity contribution < 1.29 is 13.5 Å². The Morgan fingerprint density at radius 2 is 2.11 bits per heavy atom. The molecule has 19 heavy (non-hydrogen) atoms. The summed E-state index contributed by atoms with van der Waals surface area (Å²) < 4.78 is 28.9. The molecule has 2 rings (SSSR count). The van der Waals surface area contributed by atoms with Crippen molar-refractivity contribution in [2.45, 2.75) is 13.0 Å². The molecule has 0 bridgehead atoms. The first-order chi connectivity index (χ1) is 8.77. The summed E-state index contributed by atoms with van der Waals surface area (Å²) in [6.45, 7) is 3.11. The maximum absolute atomic E-state index is 12.0. The fourth-order valence-electron chi connectivity index (χ4n) is 2.11. The zero-order valence-electron chi connectivity index (χ0n) is 10.6. The van der Waals surface area contributed by atoms with Gasteiger partial charge in [-0.2, -0.15) is 0 Å². The average Bonchev–Trinajstić information content (AvgIpc) is 2.57. The summed E-state index contributed by atoms with van der Waals surface area (Å²) in [6.07, 6.45) is -2.39. The molecule has 1 aliphatic rings. The van der Waals surface area contributed by atoms with Gasteiger partial charge in [-0.1, -0.05) is 18.2 Å². The molecule has 0 saturated carbocycles. The summed E-state index contributed by atoms with van der Waals surface area (Å²) in [5, 5.41) is 3.34. The molecule has 0 aliphatic carbocycles. The Morgan fingerprint density at radius 1 is 1.32 bits per heavy atom. The van der Waals surface area contributed by atoms with Crippen molar-refractivity contribution in [2.24, 2.45) is 0 Å². The van der Waals surface area contributed by atoms with E-state index in [4.69, 9.17) is 4.74 Å². The van der Waals surface area contributed by atoms with Gasteiger partial charge in [0.05, 0.1) is 6.61 Å². The van der Waals surface area contributed by atoms with E-state index in [0.29, 0.717) is 13.2 Å². The number of nitrogens with one attached hydrogen (secondary N) is 1. The van der Waals surface area contributed by atoms with Crippen molar-refractivity contribution in [3.63, 3.8) is 0 Å². The van der Waals surface area contributed by atoms with E-state index < -0.39 is 13.0 Å². The Kier molecular flexibility index (Phi) is 7.05. The first-order valence-corrected chi connectivity index (χ1v) is 6.17. The van der Waals surface area contributed by atoms with Gasteiger partial charge < -0.3 is 15.0 Å². The largest absolute Gasteiger partial charge is 0.374 e. The summed E-state index contributed by atoms with van der Waals surface area (Å²) >= 11 is 0. The number of para-hydroxylation sites is 1. The highest BCUT2D eigenvalue weighted by atomic mass is 35.5. The molecule has 0 amide bonds. The second-order valence-electron chi connectivity index (χ2n) is 4.26. The number of rotatable bonds is 5. The molecule has 3 nitrogen and oxygen atoms in total. The van der Waals surface area contributed by atoms with Crippen molar-refractivity contribution in [3.8, 4) is 0 Å². The van der Waals surface area contributed by atoms with E-state index in [1.54, 1.807) is 0 Å². The Morgan fingerprint density at radius 3 is 2.89 bits per heavy atom. The maximum atomic E-state index is 12.0. The number of hydrogen-bond acceptors (Lipinski definition) is 3. The monoisotopic (exact) mass is 292 g/mol. The van der Waals surface area contributed by atoms with Crippen LogP contribution in [0.25, 0.3) is 0 Å². The van der Waals surface area contributed by atoms with Gasteiger partial charge in [-0.15, -0.1) is 12.4 Å². The van der Waals surface area contributed by atoms with Crippen LogP contribution in [0.2, 0.25) is 0 Å². The predicted molar refractivity (Wildman–Crippen MR) is 74.4 cm³/mol. The topological polar surface area (TPSA) is 24.5 Å². The molecular weight excluding hydrogens is 274 g/mol. The minimum Gasteiger partial charge on any atom is -0.374 e. The van der Waals surface area contributed by atoms with E-state index in [1.165, 1.54) is 11.3 Å². The molecule has 6 heteroatoms. The van der Waals surface area contributed by atoms with Crippen molar-refractivity contribution in [2.75, 3.05) is 37.7 Å². The average molecular weight is 293 g/mol. The summed E-state index contributed by atoms with van der Waals surface area (Å²) in [5.41, 5.74) is 2.41. The van der Waals surface area contributed by atoms with E-state index in [0.717, 1.165) is 19.6 Å². The number of benzene rings is 1. The van der Waals surface area contributed by atoms with Crippen LogP contribution in [0.15, 0.2) is 24.3 Å². The third-order valence-corrected chi connectivity index (χ3v) is 2.96.